The smallest absolute Gasteiger partial charge is 0.480 e. The first-order chi connectivity index (χ1) is 20.4. The van der Waals surface area contributed by atoms with Gasteiger partial charge in [-0.25, -0.2) is 4.79 Å². The van der Waals surface area contributed by atoms with Crippen LogP contribution in [0.25, 0.3) is 0 Å². The summed E-state index contributed by atoms with van der Waals surface area (Å²) in [5.41, 5.74) is -1.09. The Hall–Kier alpha value is -2.83. The molecule has 242 valence electrons. The highest BCUT2D eigenvalue weighted by atomic mass is 79.9. The third-order valence-electron chi connectivity index (χ3n) is 10.2. The normalized spacial score (nSPS) is 31.7. The van der Waals surface area contributed by atoms with Crippen LogP contribution >= 0.6 is 15.9 Å². The number of halogens is 4. The summed E-state index contributed by atoms with van der Waals surface area (Å²) in [5, 5.41) is 2.66. The maximum Gasteiger partial charge on any atom is 0.574 e. The summed E-state index contributed by atoms with van der Waals surface area (Å²) in [6, 6.07) is 1.29. The molecule has 44 heavy (non-hydrogen) atoms. The molecule has 2 amide bonds. The summed E-state index contributed by atoms with van der Waals surface area (Å²) in [6.45, 7) is 10.0. The van der Waals surface area contributed by atoms with Crippen molar-refractivity contribution >= 4 is 39.4 Å². The molecule has 13 heteroatoms. The molecular weight excluding hydrogens is 647 g/mol. The number of piperidine rings is 1. The molecule has 1 aliphatic heterocycles. The minimum atomic E-state index is -5.03. The summed E-state index contributed by atoms with van der Waals surface area (Å²) >= 11 is 3.23. The van der Waals surface area contributed by atoms with Crippen LogP contribution in [0.15, 0.2) is 22.3 Å². The molecule has 3 aliphatic carbocycles. The minimum Gasteiger partial charge on any atom is -0.480 e. The number of hydrogen-bond acceptors (Lipinski definition) is 7. The quantitative estimate of drug-likeness (QED) is 0.356. The molecular formula is C31H39BrF3N3O6. The van der Waals surface area contributed by atoms with E-state index in [9.17, 15) is 27.6 Å². The summed E-state index contributed by atoms with van der Waals surface area (Å²) < 4.78 is 54.8. The highest BCUT2D eigenvalue weighted by Crippen LogP contribution is 2.65. The van der Waals surface area contributed by atoms with E-state index < -0.39 is 46.6 Å². The Labute approximate surface area is 263 Å². The van der Waals surface area contributed by atoms with Gasteiger partial charge in [-0.1, -0.05) is 13.8 Å². The Morgan fingerprint density at radius 2 is 1.80 bits per heavy atom. The first kappa shape index (κ1) is 32.6. The average Bonchev–Trinajstić information content (AvgIpc) is 3.26. The van der Waals surface area contributed by atoms with E-state index in [-0.39, 0.29) is 39.6 Å². The first-order valence-electron chi connectivity index (χ1n) is 14.9. The number of hydrogen-bond donors (Lipinski definition) is 1. The molecule has 1 saturated heterocycles. The second-order valence-corrected chi connectivity index (χ2v) is 14.8. The third kappa shape index (κ3) is 5.92. The van der Waals surface area contributed by atoms with Crippen LogP contribution in [0.3, 0.4) is 0 Å². The number of allylic oxidation sites excluding steroid dienone is 2. The van der Waals surface area contributed by atoms with E-state index in [1.165, 1.54) is 13.2 Å². The maximum atomic E-state index is 13.8. The minimum absolute atomic E-state index is 0.00346. The maximum absolute atomic E-state index is 13.8. The van der Waals surface area contributed by atoms with Gasteiger partial charge in [0.1, 0.15) is 11.3 Å². The topological polar surface area (TPSA) is 107 Å². The summed E-state index contributed by atoms with van der Waals surface area (Å²) in [4.78, 5) is 45.3. The Bertz CT molecular complexity index is 1390. The first-order valence-corrected chi connectivity index (χ1v) is 15.7. The molecule has 0 radical (unpaired) electrons. The van der Waals surface area contributed by atoms with Crippen LogP contribution < -0.4 is 14.8 Å². The average molecular weight is 687 g/mol. The van der Waals surface area contributed by atoms with Gasteiger partial charge in [-0.2, -0.15) is 4.98 Å². The number of ketones is 1. The number of alkyl halides is 3. The third-order valence-corrected chi connectivity index (χ3v) is 10.8. The number of nitrogens with one attached hydrogen (secondary N) is 1. The molecule has 2 saturated carbocycles. The van der Waals surface area contributed by atoms with Crippen LogP contribution in [0.1, 0.15) is 73.1 Å². The number of ether oxygens (including phenoxy) is 3. The molecule has 1 N–H and O–H groups in total. The number of carbonyl (C=O) groups excluding carboxylic acids is 3. The monoisotopic (exact) mass is 685 g/mol. The number of carbonyl (C=O) groups is 3. The molecule has 5 rings (SSSR count). The Morgan fingerprint density at radius 1 is 1.09 bits per heavy atom. The molecule has 3 fully saturated rings. The molecule has 1 aromatic rings. The second kappa shape index (κ2) is 11.2. The molecule has 9 nitrogen and oxygen atoms in total. The van der Waals surface area contributed by atoms with Gasteiger partial charge >= 0.3 is 12.5 Å². The van der Waals surface area contributed by atoms with Crippen LogP contribution in [0.4, 0.5) is 23.7 Å². The Balaban J connectivity index is 1.44. The number of nitrogens with zero attached hydrogens (tertiary/aromatic N) is 2. The number of methoxy groups -OCH3 is 1. The van der Waals surface area contributed by atoms with E-state index >= 15 is 0 Å². The van der Waals surface area contributed by atoms with Crippen molar-refractivity contribution in [2.45, 2.75) is 85.1 Å². The predicted molar refractivity (Wildman–Crippen MR) is 158 cm³/mol. The van der Waals surface area contributed by atoms with Gasteiger partial charge in [0, 0.05) is 36.1 Å². The Kier molecular flexibility index (Phi) is 8.29. The predicted octanol–water partition coefficient (Wildman–Crippen LogP) is 7.25. The summed E-state index contributed by atoms with van der Waals surface area (Å²) in [7, 11) is 1.26. The van der Waals surface area contributed by atoms with Crippen LogP contribution in [-0.4, -0.2) is 53.3 Å². The summed E-state index contributed by atoms with van der Waals surface area (Å²) in [5.74, 6) is -1.50. The lowest BCUT2D eigenvalue weighted by Gasteiger charge is -2.60. The number of fused-ring (bicyclic) bond motifs is 5. The van der Waals surface area contributed by atoms with Crippen molar-refractivity contribution in [2.75, 3.05) is 19.0 Å². The van der Waals surface area contributed by atoms with Crippen molar-refractivity contribution in [3.63, 3.8) is 0 Å². The van der Waals surface area contributed by atoms with Crippen molar-refractivity contribution < 1.29 is 41.8 Å². The number of pyridine rings is 1. The summed E-state index contributed by atoms with van der Waals surface area (Å²) in [6.07, 6.45) is -0.0631. The van der Waals surface area contributed by atoms with Gasteiger partial charge in [0.15, 0.2) is 5.78 Å². The number of anilines is 1. The van der Waals surface area contributed by atoms with Crippen LogP contribution in [0.2, 0.25) is 0 Å². The largest absolute Gasteiger partial charge is 0.574 e. The molecule has 0 aromatic carbocycles. The highest BCUT2D eigenvalue weighted by Gasteiger charge is 2.62. The highest BCUT2D eigenvalue weighted by molar-refractivity contribution is 9.10. The van der Waals surface area contributed by atoms with Gasteiger partial charge in [-0.3, -0.25) is 14.5 Å². The molecule has 6 atom stereocenters. The van der Waals surface area contributed by atoms with Gasteiger partial charge in [0.25, 0.3) is 0 Å². The molecule has 4 unspecified atom stereocenters. The molecule has 0 spiro atoms. The van der Waals surface area contributed by atoms with Gasteiger partial charge in [-0.05, 0) is 98.0 Å². The van der Waals surface area contributed by atoms with Crippen molar-refractivity contribution in [3.05, 3.63) is 22.3 Å². The van der Waals surface area contributed by atoms with Crippen molar-refractivity contribution in [1.29, 1.82) is 0 Å². The van der Waals surface area contributed by atoms with E-state index in [0.717, 1.165) is 25.0 Å². The lowest BCUT2D eigenvalue weighted by Crippen LogP contribution is -2.59. The van der Waals surface area contributed by atoms with E-state index in [1.807, 2.05) is 0 Å². The van der Waals surface area contributed by atoms with Gasteiger partial charge in [0.2, 0.25) is 17.7 Å². The standard InChI is InChI=1S/C31H39BrF3N3O6/c1-28(2,3)44-27(41)38-15-17-18-7-8-20(29(18,4)12-10-19(17)30(5)11-9-16(39)13-23(30)38)24(40)36-22-14-21(32)25(42-6)37-26(22)43-31(33,34)35/h13-14,17-20H,7-12,15H2,1-6H3,(H,36,40)/t17?,18?,19?,20?,29-,30+/m0/s1. The molecule has 0 bridgehead atoms. The van der Waals surface area contributed by atoms with Crippen LogP contribution in [0, 0.1) is 34.5 Å². The number of amides is 2. The van der Waals surface area contributed by atoms with Crippen molar-refractivity contribution in [3.8, 4) is 11.8 Å². The fraction of sp³-hybridized carbons (Fsp3) is 0.677. The van der Waals surface area contributed by atoms with Crippen molar-refractivity contribution in [2.24, 2.45) is 34.5 Å². The van der Waals surface area contributed by atoms with E-state index in [2.05, 4.69) is 44.8 Å². The SMILES string of the molecule is COc1nc(OC(F)(F)F)c(NC(=O)C2CCC3C4CN(C(=O)OC(C)(C)C)C5=CC(=O)CC[C@]5(C)C4CC[C@]23C)cc1Br. The molecule has 1 aromatic heterocycles. The van der Waals surface area contributed by atoms with E-state index in [1.54, 1.807) is 31.7 Å². The number of likely N-dealkylation sites (tertiary alicyclic amines) is 1. The fourth-order valence-corrected chi connectivity index (χ4v) is 8.80. The number of rotatable bonds is 4. The Morgan fingerprint density at radius 3 is 2.43 bits per heavy atom. The zero-order valence-corrected chi connectivity index (χ0v) is 27.4. The van der Waals surface area contributed by atoms with Crippen molar-refractivity contribution in [1.82, 2.24) is 9.88 Å². The van der Waals surface area contributed by atoms with Gasteiger partial charge in [0.05, 0.1) is 11.6 Å². The van der Waals surface area contributed by atoms with Gasteiger partial charge < -0.3 is 19.5 Å². The zero-order chi connectivity index (χ0) is 32.4. The number of aromatic nitrogens is 1. The van der Waals surface area contributed by atoms with Crippen LogP contribution in [0.5, 0.6) is 11.8 Å². The fourth-order valence-electron chi connectivity index (χ4n) is 8.32. The molecule has 2 heterocycles. The lowest BCUT2D eigenvalue weighted by atomic mass is 9.49. The second-order valence-electron chi connectivity index (χ2n) is 13.9. The van der Waals surface area contributed by atoms with Gasteiger partial charge in [-0.15, -0.1) is 13.2 Å². The van der Waals surface area contributed by atoms with E-state index in [4.69, 9.17) is 9.47 Å². The van der Waals surface area contributed by atoms with E-state index in [0.29, 0.717) is 25.8 Å². The zero-order valence-electron chi connectivity index (χ0n) is 25.8. The lowest BCUT2D eigenvalue weighted by molar-refractivity contribution is -0.275. The molecule has 4 aliphatic rings. The van der Waals surface area contributed by atoms with Crippen LogP contribution in [-0.2, 0) is 14.3 Å².